The van der Waals surface area contributed by atoms with E-state index in [4.69, 9.17) is 14.2 Å². The summed E-state index contributed by atoms with van der Waals surface area (Å²) in [6.45, 7) is 5.41. The fourth-order valence-electron chi connectivity index (χ4n) is 2.53. The molecule has 0 saturated heterocycles. The van der Waals surface area contributed by atoms with Crippen molar-refractivity contribution in [2.45, 2.75) is 31.9 Å². The van der Waals surface area contributed by atoms with E-state index in [0.717, 1.165) is 23.5 Å². The minimum Gasteiger partial charge on any atom is -0.497 e. The highest BCUT2D eigenvalue weighted by Gasteiger charge is 2.37. The summed E-state index contributed by atoms with van der Waals surface area (Å²) in [4.78, 5) is 0. The Hall–Kier alpha value is -1.26. The van der Waals surface area contributed by atoms with Gasteiger partial charge < -0.3 is 19.5 Å². The molecular weight excluding hydrogens is 242 g/mol. The van der Waals surface area contributed by atoms with Crippen LogP contribution in [0.2, 0.25) is 0 Å². The van der Waals surface area contributed by atoms with Gasteiger partial charge in [-0.1, -0.05) is 0 Å². The Kier molecular flexibility index (Phi) is 4.32. The van der Waals surface area contributed by atoms with Gasteiger partial charge in [-0.25, -0.2) is 0 Å². The molecule has 2 unspecified atom stereocenters. The zero-order valence-corrected chi connectivity index (χ0v) is 12.2. The number of rotatable bonds is 5. The second kappa shape index (κ2) is 5.80. The molecule has 0 bridgehead atoms. The molecule has 4 heteroatoms. The second-order valence-corrected chi connectivity index (χ2v) is 5.14. The first-order chi connectivity index (χ1) is 9.11. The molecule has 0 aliphatic carbocycles. The Balaban J connectivity index is 2.28. The standard InChI is InChI=1S/C15H23NO3/c1-5-18-10-15(2)9-13(16-3)12-8-11(17-4)6-7-14(12)19-15/h6-8,13,16H,5,9-10H2,1-4H3. The number of nitrogens with one attached hydrogen (secondary N) is 1. The van der Waals surface area contributed by atoms with Gasteiger partial charge in [-0.05, 0) is 39.1 Å². The monoisotopic (exact) mass is 265 g/mol. The zero-order chi connectivity index (χ0) is 13.9. The summed E-state index contributed by atoms with van der Waals surface area (Å²) in [6.07, 6.45) is 0.879. The number of fused-ring (bicyclic) bond motifs is 1. The molecule has 106 valence electrons. The van der Waals surface area contributed by atoms with Crippen LogP contribution < -0.4 is 14.8 Å². The van der Waals surface area contributed by atoms with Crippen LogP contribution in [0.15, 0.2) is 18.2 Å². The fourth-order valence-corrected chi connectivity index (χ4v) is 2.53. The number of benzene rings is 1. The lowest BCUT2D eigenvalue weighted by atomic mass is 9.89. The normalized spacial score (nSPS) is 25.6. The van der Waals surface area contributed by atoms with Crippen molar-refractivity contribution in [2.24, 2.45) is 0 Å². The third-order valence-corrected chi connectivity index (χ3v) is 3.54. The van der Waals surface area contributed by atoms with Gasteiger partial charge in [0, 0.05) is 24.6 Å². The van der Waals surface area contributed by atoms with Crippen LogP contribution in [0, 0.1) is 0 Å². The van der Waals surface area contributed by atoms with Gasteiger partial charge in [0.1, 0.15) is 17.1 Å². The molecule has 1 heterocycles. The number of ether oxygens (including phenoxy) is 3. The van der Waals surface area contributed by atoms with Crippen LogP contribution in [0.1, 0.15) is 31.9 Å². The Labute approximate surface area is 115 Å². The van der Waals surface area contributed by atoms with Crippen molar-refractivity contribution in [3.05, 3.63) is 23.8 Å². The molecule has 0 saturated carbocycles. The van der Waals surface area contributed by atoms with Crippen molar-refractivity contribution in [3.8, 4) is 11.5 Å². The van der Waals surface area contributed by atoms with Crippen molar-refractivity contribution in [2.75, 3.05) is 27.4 Å². The van der Waals surface area contributed by atoms with Crippen molar-refractivity contribution in [3.63, 3.8) is 0 Å². The summed E-state index contributed by atoms with van der Waals surface area (Å²) in [5.41, 5.74) is 0.862. The van der Waals surface area contributed by atoms with Gasteiger partial charge in [-0.2, -0.15) is 0 Å². The summed E-state index contributed by atoms with van der Waals surface area (Å²) >= 11 is 0. The summed E-state index contributed by atoms with van der Waals surface area (Å²) in [7, 11) is 3.65. The maximum atomic E-state index is 6.13. The first-order valence-corrected chi connectivity index (χ1v) is 6.74. The summed E-state index contributed by atoms with van der Waals surface area (Å²) < 4.78 is 17.0. The third kappa shape index (κ3) is 3.01. The quantitative estimate of drug-likeness (QED) is 0.888. The molecule has 1 aliphatic heterocycles. The zero-order valence-electron chi connectivity index (χ0n) is 12.2. The highest BCUT2D eigenvalue weighted by molar-refractivity contribution is 5.44. The van der Waals surface area contributed by atoms with Gasteiger partial charge in [0.25, 0.3) is 0 Å². The molecule has 1 aromatic carbocycles. The van der Waals surface area contributed by atoms with Gasteiger partial charge in [0.15, 0.2) is 0 Å². The molecule has 0 spiro atoms. The van der Waals surface area contributed by atoms with E-state index >= 15 is 0 Å². The van der Waals surface area contributed by atoms with Crippen molar-refractivity contribution in [1.82, 2.24) is 5.32 Å². The highest BCUT2D eigenvalue weighted by Crippen LogP contribution is 2.41. The van der Waals surface area contributed by atoms with E-state index in [1.165, 1.54) is 0 Å². The molecule has 0 aromatic heterocycles. The molecule has 0 amide bonds. The highest BCUT2D eigenvalue weighted by atomic mass is 16.5. The van der Waals surface area contributed by atoms with Crippen molar-refractivity contribution < 1.29 is 14.2 Å². The van der Waals surface area contributed by atoms with Crippen LogP contribution in [0.25, 0.3) is 0 Å². The molecule has 1 aromatic rings. The van der Waals surface area contributed by atoms with Gasteiger partial charge in [-0.3, -0.25) is 0 Å². The van der Waals surface area contributed by atoms with Gasteiger partial charge >= 0.3 is 0 Å². The fraction of sp³-hybridized carbons (Fsp3) is 0.600. The van der Waals surface area contributed by atoms with Crippen LogP contribution in [0.3, 0.4) is 0 Å². The lowest BCUT2D eigenvalue weighted by Gasteiger charge is -2.39. The van der Waals surface area contributed by atoms with E-state index < -0.39 is 0 Å². The molecule has 2 rings (SSSR count). The second-order valence-electron chi connectivity index (χ2n) is 5.14. The van der Waals surface area contributed by atoms with E-state index in [9.17, 15) is 0 Å². The largest absolute Gasteiger partial charge is 0.497 e. The minimum atomic E-state index is -0.286. The number of hydrogen-bond donors (Lipinski definition) is 1. The maximum absolute atomic E-state index is 6.13. The van der Waals surface area contributed by atoms with E-state index in [0.29, 0.717) is 13.2 Å². The number of methoxy groups -OCH3 is 1. The maximum Gasteiger partial charge on any atom is 0.131 e. The third-order valence-electron chi connectivity index (χ3n) is 3.54. The average molecular weight is 265 g/mol. The van der Waals surface area contributed by atoms with Gasteiger partial charge in [0.2, 0.25) is 0 Å². The lowest BCUT2D eigenvalue weighted by Crippen LogP contribution is -2.44. The van der Waals surface area contributed by atoms with Gasteiger partial charge in [-0.15, -0.1) is 0 Å². The Morgan fingerprint density at radius 3 is 2.89 bits per heavy atom. The Bertz CT molecular complexity index is 435. The van der Waals surface area contributed by atoms with Crippen molar-refractivity contribution >= 4 is 0 Å². The van der Waals surface area contributed by atoms with Crippen LogP contribution in [-0.4, -0.2) is 33.0 Å². The molecular formula is C15H23NO3. The lowest BCUT2D eigenvalue weighted by molar-refractivity contribution is -0.0327. The smallest absolute Gasteiger partial charge is 0.131 e. The predicted molar refractivity (Wildman–Crippen MR) is 74.9 cm³/mol. The van der Waals surface area contributed by atoms with Gasteiger partial charge in [0.05, 0.1) is 13.7 Å². The summed E-state index contributed by atoms with van der Waals surface area (Å²) in [5, 5.41) is 3.35. The predicted octanol–water partition coefficient (Wildman–Crippen LogP) is 2.53. The molecule has 2 atom stereocenters. The molecule has 4 nitrogen and oxygen atoms in total. The SMILES string of the molecule is CCOCC1(C)CC(NC)c2cc(OC)ccc2O1. The first-order valence-electron chi connectivity index (χ1n) is 6.74. The van der Waals surface area contributed by atoms with E-state index in [2.05, 4.69) is 12.2 Å². The molecule has 1 aliphatic rings. The van der Waals surface area contributed by atoms with Crippen LogP contribution in [0.4, 0.5) is 0 Å². The first kappa shape index (κ1) is 14.2. The van der Waals surface area contributed by atoms with Crippen molar-refractivity contribution in [1.29, 1.82) is 0 Å². The molecule has 0 fully saturated rings. The van der Waals surface area contributed by atoms with E-state index in [1.54, 1.807) is 7.11 Å². The summed E-state index contributed by atoms with van der Waals surface area (Å²) in [5.74, 6) is 1.77. The topological polar surface area (TPSA) is 39.7 Å². The Morgan fingerprint density at radius 2 is 2.26 bits per heavy atom. The van der Waals surface area contributed by atoms with Crippen LogP contribution in [-0.2, 0) is 4.74 Å². The minimum absolute atomic E-state index is 0.254. The molecule has 1 N–H and O–H groups in total. The number of hydrogen-bond acceptors (Lipinski definition) is 4. The van der Waals surface area contributed by atoms with Crippen LogP contribution in [0.5, 0.6) is 11.5 Å². The Morgan fingerprint density at radius 1 is 1.47 bits per heavy atom. The van der Waals surface area contributed by atoms with E-state index in [1.807, 2.05) is 32.2 Å². The summed E-state index contributed by atoms with van der Waals surface area (Å²) in [6, 6.07) is 6.20. The molecule has 19 heavy (non-hydrogen) atoms. The molecule has 0 radical (unpaired) electrons. The van der Waals surface area contributed by atoms with E-state index in [-0.39, 0.29) is 11.6 Å². The average Bonchev–Trinajstić information content (AvgIpc) is 2.44. The van der Waals surface area contributed by atoms with Crippen LogP contribution >= 0.6 is 0 Å².